The second-order valence-electron chi connectivity index (χ2n) is 7.43. The van der Waals surface area contributed by atoms with Crippen LogP contribution in [0.3, 0.4) is 0 Å². The smallest absolute Gasteiger partial charge is 0.386 e. The van der Waals surface area contributed by atoms with Gasteiger partial charge in [0.2, 0.25) is 10.0 Å². The van der Waals surface area contributed by atoms with Crippen molar-refractivity contribution < 1.29 is 21.6 Å². The molecule has 5 nitrogen and oxygen atoms in total. The van der Waals surface area contributed by atoms with Gasteiger partial charge in [0.1, 0.15) is 0 Å². The molecule has 1 aromatic carbocycles. The van der Waals surface area contributed by atoms with Crippen molar-refractivity contribution in [3.63, 3.8) is 0 Å². The van der Waals surface area contributed by atoms with Crippen molar-refractivity contribution in [3.05, 3.63) is 53.4 Å². The van der Waals surface area contributed by atoms with E-state index in [4.69, 9.17) is 0 Å². The Balaban J connectivity index is 1.99. The van der Waals surface area contributed by atoms with E-state index in [0.29, 0.717) is 43.6 Å². The summed E-state index contributed by atoms with van der Waals surface area (Å²) in [5.41, 5.74) is 2.13. The summed E-state index contributed by atoms with van der Waals surface area (Å²) >= 11 is 0. The number of benzene rings is 1. The highest BCUT2D eigenvalue weighted by atomic mass is 32.2. The van der Waals surface area contributed by atoms with Crippen LogP contribution in [0.2, 0.25) is 0 Å². The van der Waals surface area contributed by atoms with Gasteiger partial charge in [-0.25, -0.2) is 8.42 Å². The number of allylic oxidation sites excluding steroid dienone is 3. The Morgan fingerprint density at radius 1 is 1.26 bits per heavy atom. The molecule has 0 atom stereocenters. The van der Waals surface area contributed by atoms with Gasteiger partial charge in [-0.05, 0) is 38.0 Å². The Morgan fingerprint density at radius 3 is 2.55 bits per heavy atom. The number of hydrogen-bond acceptors (Lipinski definition) is 3. The standard InChI is InChI=1S/C22H28F3N3O2S/c1-4-8-17(28-13-7-14-31(28,29)30)9-6-10-19-21(26-3)18-12-11-16(22(23,24)25)15-20(18)27(19)5-2/h6,8-9,11-12,15,26H,4-5,7,10,13-14H2,1-3H3/b9-6-,17-8+. The average molecular weight is 456 g/mol. The van der Waals surface area contributed by atoms with Gasteiger partial charge in [-0.2, -0.15) is 13.2 Å². The molecule has 1 aliphatic heterocycles. The summed E-state index contributed by atoms with van der Waals surface area (Å²) in [6, 6.07) is 3.79. The number of fused-ring (bicyclic) bond motifs is 1. The molecule has 0 radical (unpaired) electrons. The fraction of sp³-hybridized carbons (Fsp3) is 0.455. The van der Waals surface area contributed by atoms with Gasteiger partial charge in [-0.1, -0.05) is 25.1 Å². The van der Waals surface area contributed by atoms with E-state index >= 15 is 0 Å². The Bertz CT molecular complexity index is 1120. The molecule has 0 amide bonds. The highest BCUT2D eigenvalue weighted by Gasteiger charge is 2.31. The van der Waals surface area contributed by atoms with Crippen molar-refractivity contribution in [2.75, 3.05) is 24.7 Å². The molecule has 9 heteroatoms. The summed E-state index contributed by atoms with van der Waals surface area (Å²) in [6.07, 6.45) is 2.90. The first kappa shape index (κ1) is 23.2. The van der Waals surface area contributed by atoms with Crippen LogP contribution in [0.25, 0.3) is 10.9 Å². The van der Waals surface area contributed by atoms with E-state index in [1.807, 2.05) is 30.6 Å². The first-order valence-electron chi connectivity index (χ1n) is 10.4. The van der Waals surface area contributed by atoms with Gasteiger partial charge in [0.15, 0.2) is 0 Å². The monoisotopic (exact) mass is 455 g/mol. The number of aromatic nitrogens is 1. The predicted octanol–water partition coefficient (Wildman–Crippen LogP) is 5.15. The molecule has 2 aromatic rings. The van der Waals surface area contributed by atoms with Crippen molar-refractivity contribution >= 4 is 26.6 Å². The van der Waals surface area contributed by atoms with Crippen LogP contribution < -0.4 is 5.32 Å². The number of anilines is 1. The summed E-state index contributed by atoms with van der Waals surface area (Å²) in [6.45, 7) is 4.82. The van der Waals surface area contributed by atoms with Crippen molar-refractivity contribution in [2.45, 2.75) is 45.8 Å². The second kappa shape index (κ2) is 8.98. The number of sulfonamides is 1. The maximum absolute atomic E-state index is 13.2. The third-order valence-electron chi connectivity index (χ3n) is 5.47. The third kappa shape index (κ3) is 4.61. The lowest BCUT2D eigenvalue weighted by molar-refractivity contribution is -0.137. The molecule has 2 heterocycles. The van der Waals surface area contributed by atoms with E-state index < -0.39 is 21.8 Å². The molecular formula is C22H28F3N3O2S. The molecule has 1 N–H and O–H groups in total. The first-order valence-corrected chi connectivity index (χ1v) is 12.0. The topological polar surface area (TPSA) is 54.3 Å². The highest BCUT2D eigenvalue weighted by Crippen LogP contribution is 2.37. The lowest BCUT2D eigenvalue weighted by atomic mass is 10.1. The predicted molar refractivity (Wildman–Crippen MR) is 118 cm³/mol. The molecule has 0 bridgehead atoms. The van der Waals surface area contributed by atoms with E-state index in [-0.39, 0.29) is 5.75 Å². The maximum Gasteiger partial charge on any atom is 0.416 e. The van der Waals surface area contributed by atoms with Crippen LogP contribution in [0.5, 0.6) is 0 Å². The zero-order valence-electron chi connectivity index (χ0n) is 18.0. The minimum absolute atomic E-state index is 0.150. The molecule has 170 valence electrons. The number of halogens is 3. The lowest BCUT2D eigenvalue weighted by Gasteiger charge is -2.18. The zero-order valence-corrected chi connectivity index (χ0v) is 18.8. The molecule has 1 saturated heterocycles. The fourth-order valence-corrected chi connectivity index (χ4v) is 5.69. The van der Waals surface area contributed by atoms with Crippen molar-refractivity contribution in [1.82, 2.24) is 8.87 Å². The molecule has 1 aromatic heterocycles. The van der Waals surface area contributed by atoms with Gasteiger partial charge in [0.25, 0.3) is 0 Å². The largest absolute Gasteiger partial charge is 0.416 e. The van der Waals surface area contributed by atoms with E-state index in [1.165, 1.54) is 16.4 Å². The van der Waals surface area contributed by atoms with Gasteiger partial charge in [-0.3, -0.25) is 4.31 Å². The zero-order chi connectivity index (χ0) is 22.8. The Kier molecular flexibility index (Phi) is 6.73. The van der Waals surface area contributed by atoms with Crippen LogP contribution >= 0.6 is 0 Å². The number of rotatable bonds is 7. The summed E-state index contributed by atoms with van der Waals surface area (Å²) in [5, 5.41) is 3.85. The van der Waals surface area contributed by atoms with Crippen LogP contribution in [0, 0.1) is 0 Å². The first-order chi connectivity index (χ1) is 14.6. The Labute approximate surface area is 181 Å². The van der Waals surface area contributed by atoms with Crippen LogP contribution in [0.1, 0.15) is 37.9 Å². The van der Waals surface area contributed by atoms with Crippen LogP contribution in [0.4, 0.5) is 18.9 Å². The molecule has 31 heavy (non-hydrogen) atoms. The van der Waals surface area contributed by atoms with E-state index in [2.05, 4.69) is 5.32 Å². The number of alkyl halides is 3. The molecular weight excluding hydrogens is 427 g/mol. The van der Waals surface area contributed by atoms with Crippen LogP contribution in [-0.4, -0.2) is 36.6 Å². The van der Waals surface area contributed by atoms with Gasteiger partial charge >= 0.3 is 6.18 Å². The maximum atomic E-state index is 13.2. The van der Waals surface area contributed by atoms with Gasteiger partial charge in [0, 0.05) is 43.3 Å². The van der Waals surface area contributed by atoms with E-state index in [0.717, 1.165) is 22.8 Å². The lowest BCUT2D eigenvalue weighted by Crippen LogP contribution is -2.24. The Hall–Kier alpha value is -2.42. The summed E-state index contributed by atoms with van der Waals surface area (Å²) in [5.74, 6) is 0.150. The van der Waals surface area contributed by atoms with E-state index in [1.54, 1.807) is 13.1 Å². The molecule has 3 rings (SSSR count). The number of aryl methyl sites for hydroxylation is 1. The number of hydrogen-bond donors (Lipinski definition) is 1. The average Bonchev–Trinajstić information content (AvgIpc) is 3.21. The second-order valence-corrected chi connectivity index (χ2v) is 9.44. The minimum atomic E-state index is -4.40. The van der Waals surface area contributed by atoms with Crippen molar-refractivity contribution in [2.24, 2.45) is 0 Å². The molecule has 1 fully saturated rings. The van der Waals surface area contributed by atoms with Crippen molar-refractivity contribution in [3.8, 4) is 0 Å². The molecule has 0 unspecified atom stereocenters. The van der Waals surface area contributed by atoms with Gasteiger partial charge in [-0.15, -0.1) is 0 Å². The van der Waals surface area contributed by atoms with Gasteiger partial charge in [0.05, 0.1) is 22.5 Å². The van der Waals surface area contributed by atoms with Crippen LogP contribution in [-0.2, 0) is 29.2 Å². The minimum Gasteiger partial charge on any atom is -0.386 e. The molecule has 0 spiro atoms. The summed E-state index contributed by atoms with van der Waals surface area (Å²) in [4.78, 5) is 0. The van der Waals surface area contributed by atoms with Gasteiger partial charge < -0.3 is 9.88 Å². The third-order valence-corrected chi connectivity index (χ3v) is 7.34. The quantitative estimate of drug-likeness (QED) is 0.588. The Morgan fingerprint density at radius 2 is 2.00 bits per heavy atom. The number of nitrogens with zero attached hydrogens (tertiary/aromatic N) is 2. The fourth-order valence-electron chi connectivity index (χ4n) is 4.11. The summed E-state index contributed by atoms with van der Waals surface area (Å²) < 4.78 is 67.5. The van der Waals surface area contributed by atoms with E-state index in [9.17, 15) is 21.6 Å². The molecule has 0 aliphatic carbocycles. The molecule has 0 saturated carbocycles. The number of nitrogens with one attached hydrogen (secondary N) is 1. The van der Waals surface area contributed by atoms with Crippen LogP contribution in [0.15, 0.2) is 42.1 Å². The highest BCUT2D eigenvalue weighted by molar-refractivity contribution is 7.89. The SMILES string of the molecule is CC/C=C(\C=C/Cc1c(NC)c2ccc(C(F)(F)F)cc2n1CC)N1CCCS1(=O)=O. The normalized spacial score (nSPS) is 17.2. The summed E-state index contributed by atoms with van der Waals surface area (Å²) in [7, 11) is -1.53. The van der Waals surface area contributed by atoms with Crippen molar-refractivity contribution in [1.29, 1.82) is 0 Å². The molecule has 1 aliphatic rings.